The molecule has 0 radical (unpaired) electrons. The van der Waals surface area contributed by atoms with Gasteiger partial charge >= 0.3 is 0 Å². The van der Waals surface area contributed by atoms with Crippen LogP contribution in [0.2, 0.25) is 0 Å². The first kappa shape index (κ1) is 17.2. The van der Waals surface area contributed by atoms with Crippen LogP contribution in [0.3, 0.4) is 0 Å². The third kappa shape index (κ3) is 2.64. The van der Waals surface area contributed by atoms with Crippen molar-refractivity contribution in [3.63, 3.8) is 0 Å². The van der Waals surface area contributed by atoms with Crippen LogP contribution in [0, 0.1) is 0 Å². The molecule has 1 saturated carbocycles. The Kier molecular flexibility index (Phi) is 4.31. The zero-order chi connectivity index (χ0) is 18.3. The molecule has 0 spiro atoms. The molecule has 138 valence electrons. The maximum atomic E-state index is 11.2. The predicted molar refractivity (Wildman–Crippen MR) is 103 cm³/mol. The molecule has 4 nitrogen and oxygen atoms in total. The summed E-state index contributed by atoms with van der Waals surface area (Å²) in [6.45, 7) is 2.53. The monoisotopic (exact) mass is 353 g/mol. The van der Waals surface area contributed by atoms with Crippen LogP contribution in [0.15, 0.2) is 36.4 Å². The summed E-state index contributed by atoms with van der Waals surface area (Å²) in [5.74, 6) is 0.282. The molecule has 0 saturated heterocycles. The van der Waals surface area contributed by atoms with Crippen LogP contribution in [0.4, 0.5) is 5.69 Å². The Labute approximate surface area is 154 Å². The topological polar surface area (TPSA) is 63.9 Å². The lowest BCUT2D eigenvalue weighted by molar-refractivity contribution is 0.0362. The second-order valence-corrected chi connectivity index (χ2v) is 7.69. The van der Waals surface area contributed by atoms with Gasteiger partial charge in [0.2, 0.25) is 0 Å². The molecule has 0 bridgehead atoms. The molecule has 0 amide bonds. The molecule has 1 heterocycles. The van der Waals surface area contributed by atoms with Crippen molar-refractivity contribution in [2.24, 2.45) is 0 Å². The Morgan fingerprint density at radius 1 is 1.15 bits per heavy atom. The highest BCUT2D eigenvalue weighted by Gasteiger charge is 2.52. The van der Waals surface area contributed by atoms with Crippen molar-refractivity contribution in [1.29, 1.82) is 0 Å². The molecule has 2 aromatic rings. The lowest BCUT2D eigenvalue weighted by atomic mass is 9.92. The van der Waals surface area contributed by atoms with E-state index in [9.17, 15) is 15.3 Å². The zero-order valence-corrected chi connectivity index (χ0v) is 15.3. The fraction of sp³-hybridized carbons (Fsp3) is 0.455. The number of para-hydroxylation sites is 1. The molecule has 1 fully saturated rings. The van der Waals surface area contributed by atoms with E-state index in [1.807, 2.05) is 24.3 Å². The van der Waals surface area contributed by atoms with Crippen LogP contribution in [0.25, 0.3) is 0 Å². The van der Waals surface area contributed by atoms with Crippen molar-refractivity contribution >= 4 is 5.69 Å². The van der Waals surface area contributed by atoms with Gasteiger partial charge in [-0.05, 0) is 55.9 Å². The molecule has 0 aromatic heterocycles. The second-order valence-electron chi connectivity index (χ2n) is 7.69. The minimum absolute atomic E-state index is 0.00142. The average Bonchev–Trinajstić information content (AvgIpc) is 3.11. The lowest BCUT2D eigenvalue weighted by Gasteiger charge is -2.30. The van der Waals surface area contributed by atoms with Gasteiger partial charge in [0.15, 0.2) is 0 Å². The van der Waals surface area contributed by atoms with Crippen molar-refractivity contribution in [3.8, 4) is 11.5 Å². The molecule has 1 aliphatic heterocycles. The number of phenols is 2. The summed E-state index contributed by atoms with van der Waals surface area (Å²) >= 11 is 0. The third-order valence-corrected chi connectivity index (χ3v) is 6.05. The number of unbranched alkanes of at least 4 members (excludes halogenated alkanes) is 1. The summed E-state index contributed by atoms with van der Waals surface area (Å²) in [5, 5.41) is 32.3. The maximum absolute atomic E-state index is 11.2. The zero-order valence-electron chi connectivity index (χ0n) is 15.3. The quantitative estimate of drug-likeness (QED) is 0.754. The van der Waals surface area contributed by atoms with Gasteiger partial charge in [-0.2, -0.15) is 0 Å². The number of fused-ring (bicyclic) bond motifs is 3. The Morgan fingerprint density at radius 2 is 1.88 bits per heavy atom. The van der Waals surface area contributed by atoms with E-state index in [0.717, 1.165) is 55.3 Å². The standard InChI is InChI=1S/C22H27NO3/c1-2-3-7-15-12-19(24)16(20(25)13-15)14-23-18-9-5-4-8-17(18)22(26)11-6-10-21(22)23/h4-5,8-9,12-13,21,24-26H,2-3,6-7,10-11,14H2,1H3/t21?,22-/m1/s1. The molecule has 1 aliphatic carbocycles. The number of aliphatic hydroxyl groups is 1. The van der Waals surface area contributed by atoms with Gasteiger partial charge in [-0.3, -0.25) is 0 Å². The van der Waals surface area contributed by atoms with Gasteiger partial charge in [-0.15, -0.1) is 0 Å². The van der Waals surface area contributed by atoms with Gasteiger partial charge in [0.25, 0.3) is 0 Å². The highest BCUT2D eigenvalue weighted by molar-refractivity contribution is 5.65. The minimum atomic E-state index is -0.817. The van der Waals surface area contributed by atoms with Crippen molar-refractivity contribution in [2.75, 3.05) is 4.90 Å². The molecule has 3 N–H and O–H groups in total. The highest BCUT2D eigenvalue weighted by Crippen LogP contribution is 2.53. The van der Waals surface area contributed by atoms with Gasteiger partial charge < -0.3 is 20.2 Å². The fourth-order valence-electron chi connectivity index (χ4n) is 4.71. The number of aryl methyl sites for hydroxylation is 1. The summed E-state index contributed by atoms with van der Waals surface area (Å²) in [4.78, 5) is 2.16. The maximum Gasteiger partial charge on any atom is 0.124 e. The number of benzene rings is 2. The first-order chi connectivity index (χ1) is 12.5. The smallest absolute Gasteiger partial charge is 0.124 e. The van der Waals surface area contributed by atoms with Crippen molar-refractivity contribution in [2.45, 2.75) is 63.6 Å². The van der Waals surface area contributed by atoms with Crippen LogP contribution in [0.1, 0.15) is 55.7 Å². The molecule has 1 unspecified atom stereocenters. The first-order valence-electron chi connectivity index (χ1n) is 9.67. The van der Waals surface area contributed by atoms with Gasteiger partial charge in [0.05, 0.1) is 18.2 Å². The van der Waals surface area contributed by atoms with E-state index in [-0.39, 0.29) is 17.5 Å². The van der Waals surface area contributed by atoms with Gasteiger partial charge in [0.1, 0.15) is 17.1 Å². The van der Waals surface area contributed by atoms with Crippen molar-refractivity contribution < 1.29 is 15.3 Å². The second kappa shape index (κ2) is 6.51. The number of nitrogens with zero attached hydrogens (tertiary/aromatic N) is 1. The summed E-state index contributed by atoms with van der Waals surface area (Å²) < 4.78 is 0. The van der Waals surface area contributed by atoms with Crippen molar-refractivity contribution in [1.82, 2.24) is 0 Å². The molecule has 26 heavy (non-hydrogen) atoms. The molecule has 4 rings (SSSR count). The lowest BCUT2D eigenvalue weighted by Crippen LogP contribution is -2.40. The van der Waals surface area contributed by atoms with E-state index in [0.29, 0.717) is 12.1 Å². The molecular weight excluding hydrogens is 326 g/mol. The molecular formula is C22H27NO3. The Hall–Kier alpha value is -2.20. The highest BCUT2D eigenvalue weighted by atomic mass is 16.3. The van der Waals surface area contributed by atoms with Gasteiger partial charge in [-0.25, -0.2) is 0 Å². The van der Waals surface area contributed by atoms with Crippen LogP contribution in [-0.4, -0.2) is 21.4 Å². The van der Waals surface area contributed by atoms with Crippen LogP contribution < -0.4 is 4.90 Å². The number of anilines is 1. The Morgan fingerprint density at radius 3 is 2.62 bits per heavy atom. The molecule has 2 atom stereocenters. The predicted octanol–water partition coefficient (Wildman–Crippen LogP) is 4.20. The summed E-state index contributed by atoms with van der Waals surface area (Å²) in [5.41, 5.74) is 2.67. The number of hydrogen-bond acceptors (Lipinski definition) is 4. The molecule has 2 aromatic carbocycles. The normalized spacial score (nSPS) is 23.9. The Balaban J connectivity index is 1.67. The van der Waals surface area contributed by atoms with E-state index < -0.39 is 5.60 Å². The number of phenolic OH excluding ortho intramolecular Hbond substituents is 2. The fourth-order valence-corrected chi connectivity index (χ4v) is 4.71. The van der Waals surface area contributed by atoms with Crippen molar-refractivity contribution in [3.05, 3.63) is 53.1 Å². The van der Waals surface area contributed by atoms with E-state index in [1.165, 1.54) is 0 Å². The van der Waals surface area contributed by atoms with E-state index in [4.69, 9.17) is 0 Å². The minimum Gasteiger partial charge on any atom is -0.507 e. The largest absolute Gasteiger partial charge is 0.507 e. The van der Waals surface area contributed by atoms with Gasteiger partial charge in [0, 0.05) is 11.3 Å². The van der Waals surface area contributed by atoms with E-state index in [2.05, 4.69) is 11.8 Å². The summed E-state index contributed by atoms with van der Waals surface area (Å²) in [6, 6.07) is 11.5. The first-order valence-corrected chi connectivity index (χ1v) is 9.67. The Bertz CT molecular complexity index is 796. The van der Waals surface area contributed by atoms with Crippen LogP contribution in [0.5, 0.6) is 11.5 Å². The average molecular weight is 353 g/mol. The number of aromatic hydroxyl groups is 2. The van der Waals surface area contributed by atoms with Gasteiger partial charge in [-0.1, -0.05) is 31.5 Å². The third-order valence-electron chi connectivity index (χ3n) is 6.05. The summed E-state index contributed by atoms with van der Waals surface area (Å²) in [6.07, 6.45) is 5.63. The SMILES string of the molecule is CCCCc1cc(O)c(CN2c3ccccc3[C@]3(O)CCCC23)c(O)c1. The number of rotatable bonds is 5. The van der Waals surface area contributed by atoms with E-state index >= 15 is 0 Å². The van der Waals surface area contributed by atoms with E-state index in [1.54, 1.807) is 12.1 Å². The molecule has 4 heteroatoms. The molecule has 2 aliphatic rings. The van der Waals surface area contributed by atoms with Crippen LogP contribution in [-0.2, 0) is 18.6 Å². The summed E-state index contributed by atoms with van der Waals surface area (Å²) in [7, 11) is 0. The van der Waals surface area contributed by atoms with Crippen LogP contribution >= 0.6 is 0 Å². The number of hydrogen-bond donors (Lipinski definition) is 3.